The number of sulfonamides is 1. The van der Waals surface area contributed by atoms with Gasteiger partial charge in [0.15, 0.2) is 0 Å². The van der Waals surface area contributed by atoms with Crippen molar-refractivity contribution in [2.75, 3.05) is 13.6 Å². The van der Waals surface area contributed by atoms with Crippen LogP contribution in [0.5, 0.6) is 0 Å². The Labute approximate surface area is 129 Å². The number of nitrogens with one attached hydrogen (secondary N) is 2. The van der Waals surface area contributed by atoms with Gasteiger partial charge in [-0.25, -0.2) is 13.1 Å². The lowest BCUT2D eigenvalue weighted by Gasteiger charge is -2.08. The van der Waals surface area contributed by atoms with Crippen molar-refractivity contribution in [2.45, 2.75) is 45.4 Å². The largest absolute Gasteiger partial charge is 0.316 e. The lowest BCUT2D eigenvalue weighted by molar-refractivity contribution is 0.530. The molecule has 1 rings (SSSR count). The fourth-order valence-electron chi connectivity index (χ4n) is 2.13. The summed E-state index contributed by atoms with van der Waals surface area (Å²) in [7, 11) is -1.34. The van der Waals surface area contributed by atoms with E-state index in [1.807, 2.05) is 31.3 Å². The van der Waals surface area contributed by atoms with Crippen molar-refractivity contribution < 1.29 is 8.42 Å². The highest BCUT2D eigenvalue weighted by atomic mass is 32.2. The molecule has 0 saturated heterocycles. The zero-order valence-corrected chi connectivity index (χ0v) is 14.2. The summed E-state index contributed by atoms with van der Waals surface area (Å²) in [5, 5.41) is 3.07. The summed E-state index contributed by atoms with van der Waals surface area (Å²) < 4.78 is 26.6. The lowest BCUT2D eigenvalue weighted by Crippen LogP contribution is -2.26. The molecule has 0 saturated carbocycles. The van der Waals surface area contributed by atoms with Crippen LogP contribution in [-0.2, 0) is 22.3 Å². The topological polar surface area (TPSA) is 58.2 Å². The number of unbranched alkanes of at least 4 members (excludes halogenated alkanes) is 1. The fraction of sp³-hybridized carbons (Fsp3) is 0.625. The van der Waals surface area contributed by atoms with Gasteiger partial charge in [-0.3, -0.25) is 0 Å². The highest BCUT2D eigenvalue weighted by Crippen LogP contribution is 2.09. The van der Waals surface area contributed by atoms with E-state index in [2.05, 4.69) is 23.9 Å². The quantitative estimate of drug-likeness (QED) is 0.653. The zero-order chi connectivity index (χ0) is 15.7. The van der Waals surface area contributed by atoms with Crippen LogP contribution in [-0.4, -0.2) is 22.0 Å². The van der Waals surface area contributed by atoms with Gasteiger partial charge in [-0.05, 0) is 30.5 Å². The second-order valence-corrected chi connectivity index (χ2v) is 7.70. The van der Waals surface area contributed by atoms with Crippen LogP contribution in [0.4, 0.5) is 0 Å². The normalized spacial score (nSPS) is 12.0. The summed E-state index contributed by atoms with van der Waals surface area (Å²) in [6, 6.07) is 7.68. The maximum Gasteiger partial charge on any atom is 0.215 e. The Bertz CT molecular complexity index is 496. The Morgan fingerprint density at radius 2 is 1.67 bits per heavy atom. The second-order valence-electron chi connectivity index (χ2n) is 5.89. The molecular formula is C16H28N2O2S. The smallest absolute Gasteiger partial charge is 0.215 e. The van der Waals surface area contributed by atoms with Crippen molar-refractivity contribution in [2.24, 2.45) is 5.92 Å². The first-order valence-electron chi connectivity index (χ1n) is 7.62. The molecule has 2 N–H and O–H groups in total. The predicted octanol–water partition coefficient (Wildman–Crippen LogP) is 2.65. The molecule has 0 spiro atoms. The number of hydrogen-bond donors (Lipinski definition) is 2. The van der Waals surface area contributed by atoms with Gasteiger partial charge in [0.05, 0.1) is 5.75 Å². The molecule has 0 amide bonds. The second kappa shape index (κ2) is 9.18. The molecule has 0 aliphatic heterocycles. The third kappa shape index (κ3) is 8.19. The minimum Gasteiger partial charge on any atom is -0.316 e. The molecule has 120 valence electrons. The van der Waals surface area contributed by atoms with Gasteiger partial charge in [-0.2, -0.15) is 0 Å². The number of benzene rings is 1. The van der Waals surface area contributed by atoms with E-state index in [1.54, 1.807) is 0 Å². The minimum absolute atomic E-state index is 0.0526. The Morgan fingerprint density at radius 1 is 1.05 bits per heavy atom. The van der Waals surface area contributed by atoms with Crippen LogP contribution in [0.25, 0.3) is 0 Å². The molecule has 1 aromatic carbocycles. The van der Waals surface area contributed by atoms with Crippen molar-refractivity contribution in [3.63, 3.8) is 0 Å². The molecule has 5 heteroatoms. The first kappa shape index (κ1) is 18.1. The van der Waals surface area contributed by atoms with Gasteiger partial charge < -0.3 is 5.32 Å². The van der Waals surface area contributed by atoms with Gasteiger partial charge in [0, 0.05) is 13.1 Å². The third-order valence-corrected chi connectivity index (χ3v) is 4.65. The van der Waals surface area contributed by atoms with Crippen molar-refractivity contribution in [1.29, 1.82) is 0 Å². The zero-order valence-electron chi connectivity index (χ0n) is 13.4. The maximum absolute atomic E-state index is 12.0. The third-order valence-electron chi connectivity index (χ3n) is 3.29. The van der Waals surface area contributed by atoms with Crippen molar-refractivity contribution in [3.05, 3.63) is 35.4 Å². The summed E-state index contributed by atoms with van der Waals surface area (Å²) in [6.45, 7) is 5.69. The number of rotatable bonds is 10. The monoisotopic (exact) mass is 312 g/mol. The van der Waals surface area contributed by atoms with E-state index in [9.17, 15) is 8.42 Å². The summed E-state index contributed by atoms with van der Waals surface area (Å²) in [5.74, 6) is 0.731. The van der Waals surface area contributed by atoms with E-state index in [1.165, 1.54) is 0 Å². The van der Waals surface area contributed by atoms with Crippen LogP contribution < -0.4 is 10.0 Å². The van der Waals surface area contributed by atoms with Crippen molar-refractivity contribution >= 4 is 10.0 Å². The van der Waals surface area contributed by atoms with E-state index in [4.69, 9.17) is 0 Å². The van der Waals surface area contributed by atoms with Gasteiger partial charge in [-0.1, -0.05) is 51.0 Å². The summed E-state index contributed by atoms with van der Waals surface area (Å²) in [6.07, 6.45) is 3.12. The fourth-order valence-corrected chi connectivity index (χ4v) is 3.32. The average Bonchev–Trinajstić information content (AvgIpc) is 2.40. The molecule has 0 aliphatic carbocycles. The van der Waals surface area contributed by atoms with Gasteiger partial charge in [0.25, 0.3) is 0 Å². The molecule has 0 bridgehead atoms. The molecule has 0 aliphatic rings. The van der Waals surface area contributed by atoms with Crippen LogP contribution in [0.15, 0.2) is 24.3 Å². The van der Waals surface area contributed by atoms with Crippen LogP contribution in [0.3, 0.4) is 0 Å². The molecule has 1 aromatic rings. The van der Waals surface area contributed by atoms with Crippen LogP contribution in [0.2, 0.25) is 0 Å². The SMILES string of the molecule is CNCc1ccc(CS(=O)(=O)NCCCCC(C)C)cc1. The Morgan fingerprint density at radius 3 is 2.24 bits per heavy atom. The Balaban J connectivity index is 2.37. The van der Waals surface area contributed by atoms with E-state index in [0.29, 0.717) is 12.5 Å². The Hall–Kier alpha value is -0.910. The molecule has 0 unspecified atom stereocenters. The summed E-state index contributed by atoms with van der Waals surface area (Å²) >= 11 is 0. The Kier molecular flexibility index (Phi) is 7.93. The van der Waals surface area contributed by atoms with Gasteiger partial charge in [0.2, 0.25) is 10.0 Å². The van der Waals surface area contributed by atoms with E-state index < -0.39 is 10.0 Å². The van der Waals surface area contributed by atoms with Gasteiger partial charge in [0.1, 0.15) is 0 Å². The highest BCUT2D eigenvalue weighted by molar-refractivity contribution is 7.88. The van der Waals surface area contributed by atoms with E-state index in [-0.39, 0.29) is 5.75 Å². The minimum atomic E-state index is -3.23. The summed E-state index contributed by atoms with van der Waals surface area (Å²) in [4.78, 5) is 0. The van der Waals surface area contributed by atoms with Gasteiger partial charge >= 0.3 is 0 Å². The van der Waals surface area contributed by atoms with Crippen molar-refractivity contribution in [3.8, 4) is 0 Å². The summed E-state index contributed by atoms with van der Waals surface area (Å²) in [5.41, 5.74) is 1.98. The molecule has 4 nitrogen and oxygen atoms in total. The average molecular weight is 312 g/mol. The van der Waals surface area contributed by atoms with E-state index >= 15 is 0 Å². The number of hydrogen-bond acceptors (Lipinski definition) is 3. The first-order valence-corrected chi connectivity index (χ1v) is 9.28. The van der Waals surface area contributed by atoms with Crippen LogP contribution in [0.1, 0.15) is 44.2 Å². The van der Waals surface area contributed by atoms with E-state index in [0.717, 1.165) is 36.9 Å². The molecule has 0 fully saturated rings. The maximum atomic E-state index is 12.0. The standard InChI is InChI=1S/C16H28N2O2S/c1-14(2)6-4-5-11-18-21(19,20)13-16-9-7-15(8-10-16)12-17-3/h7-10,14,17-18H,4-6,11-13H2,1-3H3. The molecule has 0 atom stereocenters. The van der Waals surface area contributed by atoms with Crippen LogP contribution >= 0.6 is 0 Å². The molecule has 0 aromatic heterocycles. The molecule has 0 heterocycles. The molecular weight excluding hydrogens is 284 g/mol. The molecule has 0 radical (unpaired) electrons. The molecule has 21 heavy (non-hydrogen) atoms. The predicted molar refractivity (Wildman–Crippen MR) is 88.5 cm³/mol. The van der Waals surface area contributed by atoms with Gasteiger partial charge in [-0.15, -0.1) is 0 Å². The lowest BCUT2D eigenvalue weighted by atomic mass is 10.1. The van der Waals surface area contributed by atoms with Crippen molar-refractivity contribution in [1.82, 2.24) is 10.0 Å². The van der Waals surface area contributed by atoms with Crippen LogP contribution in [0, 0.1) is 5.92 Å². The highest BCUT2D eigenvalue weighted by Gasteiger charge is 2.10. The first-order chi connectivity index (χ1) is 9.93.